The number of rotatable bonds is 8. The maximum absolute atomic E-state index is 2.54. The number of hydrogen-bond acceptors (Lipinski definition) is 0. The predicted molar refractivity (Wildman–Crippen MR) is 214 cm³/mol. The van der Waals surface area contributed by atoms with E-state index in [9.17, 15) is 0 Å². The molecule has 0 aliphatic carbocycles. The van der Waals surface area contributed by atoms with Crippen LogP contribution < -0.4 is 0 Å². The third-order valence-electron chi connectivity index (χ3n) is 10.7. The van der Waals surface area contributed by atoms with E-state index in [0.717, 1.165) is 0 Å². The molecule has 0 spiro atoms. The van der Waals surface area contributed by atoms with Gasteiger partial charge in [0.05, 0.1) is 0 Å². The van der Waals surface area contributed by atoms with E-state index in [4.69, 9.17) is 0 Å². The van der Waals surface area contributed by atoms with Gasteiger partial charge in [0.15, 0.2) is 0 Å². The minimum absolute atomic E-state index is 0.419. The summed E-state index contributed by atoms with van der Waals surface area (Å²) in [5.74, 6) is 2.66. The van der Waals surface area contributed by atoms with Crippen molar-refractivity contribution >= 4 is 32.3 Å². The topological polar surface area (TPSA) is 0 Å². The molecule has 0 N–H and O–H groups in total. The van der Waals surface area contributed by atoms with Crippen LogP contribution in [0.4, 0.5) is 0 Å². The van der Waals surface area contributed by atoms with Crippen molar-refractivity contribution in [1.82, 2.24) is 0 Å². The fraction of sp³-hybridized carbons (Fsp3) is 0.375. The van der Waals surface area contributed by atoms with Gasteiger partial charge in [0.1, 0.15) is 0 Å². The molecule has 0 aliphatic heterocycles. The maximum atomic E-state index is 2.54. The molecule has 0 nitrogen and oxygen atoms in total. The van der Waals surface area contributed by atoms with Gasteiger partial charge in [-0.25, -0.2) is 0 Å². The van der Waals surface area contributed by atoms with E-state index >= 15 is 0 Å². The average molecular weight is 633 g/mol. The van der Waals surface area contributed by atoms with Crippen LogP contribution in [0, 0.1) is 0 Å². The Balaban J connectivity index is 1.80. The SMILES string of the molecule is CC(C)c1cc(C(C)C)c(-c2cc3c4ccccc4c(-c4c(C(C)C)cc(C(C)C)cc4C(C)C)cc3c3ccccc23)c(C(C)C)c1. The molecule has 0 saturated heterocycles. The molecule has 0 radical (unpaired) electrons. The highest BCUT2D eigenvalue weighted by molar-refractivity contribution is 6.24. The Kier molecular flexibility index (Phi) is 9.34. The molecule has 0 fully saturated rings. The first-order valence-corrected chi connectivity index (χ1v) is 18.5. The van der Waals surface area contributed by atoms with Crippen molar-refractivity contribution in [3.8, 4) is 22.3 Å². The maximum Gasteiger partial charge on any atom is -0.00923 e. The van der Waals surface area contributed by atoms with Gasteiger partial charge in [0.2, 0.25) is 0 Å². The van der Waals surface area contributed by atoms with E-state index in [-0.39, 0.29) is 0 Å². The molecular weight excluding hydrogens is 577 g/mol. The van der Waals surface area contributed by atoms with E-state index < -0.39 is 0 Å². The van der Waals surface area contributed by atoms with Crippen molar-refractivity contribution in [3.63, 3.8) is 0 Å². The zero-order chi connectivity index (χ0) is 34.6. The monoisotopic (exact) mass is 632 g/mol. The predicted octanol–water partition coefficient (Wildman–Crippen LogP) is 15.2. The third-order valence-corrected chi connectivity index (χ3v) is 10.7. The molecule has 0 atom stereocenters. The van der Waals surface area contributed by atoms with Gasteiger partial charge in [-0.2, -0.15) is 0 Å². The summed E-state index contributed by atoms with van der Waals surface area (Å²) in [6.07, 6.45) is 0. The van der Waals surface area contributed by atoms with Gasteiger partial charge in [-0.05, 0) is 136 Å². The molecule has 6 rings (SSSR count). The van der Waals surface area contributed by atoms with Crippen LogP contribution >= 0.6 is 0 Å². The second kappa shape index (κ2) is 13.2. The molecule has 0 bridgehead atoms. The first kappa shape index (κ1) is 34.0. The lowest BCUT2D eigenvalue weighted by Crippen LogP contribution is -2.05. The van der Waals surface area contributed by atoms with Gasteiger partial charge in [0.25, 0.3) is 0 Å². The fourth-order valence-electron chi connectivity index (χ4n) is 7.90. The summed E-state index contributed by atoms with van der Waals surface area (Å²) < 4.78 is 0. The molecule has 6 aromatic rings. The van der Waals surface area contributed by atoms with Crippen molar-refractivity contribution in [2.24, 2.45) is 0 Å². The van der Waals surface area contributed by atoms with Crippen LogP contribution in [0.15, 0.2) is 84.9 Å². The molecule has 248 valence electrons. The zero-order valence-corrected chi connectivity index (χ0v) is 31.5. The van der Waals surface area contributed by atoms with Crippen LogP contribution in [0.5, 0.6) is 0 Å². The quantitative estimate of drug-likeness (QED) is 0.146. The first-order valence-electron chi connectivity index (χ1n) is 18.5. The van der Waals surface area contributed by atoms with Crippen molar-refractivity contribution < 1.29 is 0 Å². The van der Waals surface area contributed by atoms with Crippen LogP contribution in [-0.2, 0) is 0 Å². The summed E-state index contributed by atoms with van der Waals surface area (Å²) in [7, 11) is 0. The lowest BCUT2D eigenvalue weighted by atomic mass is 9.78. The highest BCUT2D eigenvalue weighted by Gasteiger charge is 2.24. The Bertz CT molecular complexity index is 1920. The first-order chi connectivity index (χ1) is 22.8. The minimum Gasteiger partial charge on any atom is -0.0616 e. The molecule has 6 aromatic carbocycles. The lowest BCUT2D eigenvalue weighted by molar-refractivity contribution is 0.807. The Morgan fingerprint density at radius 2 is 0.562 bits per heavy atom. The Morgan fingerprint density at radius 1 is 0.292 bits per heavy atom. The Morgan fingerprint density at radius 3 is 0.812 bits per heavy atom. The fourth-order valence-corrected chi connectivity index (χ4v) is 7.90. The van der Waals surface area contributed by atoms with E-state index in [1.165, 1.54) is 88.0 Å². The lowest BCUT2D eigenvalue weighted by Gasteiger charge is -2.26. The molecule has 0 aliphatic rings. The molecule has 0 amide bonds. The summed E-state index contributed by atoms with van der Waals surface area (Å²) in [6.45, 7) is 28.2. The number of benzene rings is 6. The highest BCUT2D eigenvalue weighted by atomic mass is 14.3. The molecule has 0 heteroatoms. The Hall–Kier alpha value is -3.90. The second-order valence-electron chi connectivity index (χ2n) is 16.1. The summed E-state index contributed by atoms with van der Waals surface area (Å²) >= 11 is 0. The normalized spacial score (nSPS) is 12.5. The number of hydrogen-bond donors (Lipinski definition) is 0. The molecule has 48 heavy (non-hydrogen) atoms. The summed E-state index contributed by atoms with van der Waals surface area (Å²) in [5, 5.41) is 8.05. The molecular formula is C48H56. The molecule has 0 heterocycles. The molecule has 0 unspecified atom stereocenters. The van der Waals surface area contributed by atoms with Gasteiger partial charge in [-0.1, -0.05) is 156 Å². The van der Waals surface area contributed by atoms with Crippen LogP contribution in [0.1, 0.15) is 152 Å². The van der Waals surface area contributed by atoms with Crippen LogP contribution in [-0.4, -0.2) is 0 Å². The van der Waals surface area contributed by atoms with Crippen molar-refractivity contribution in [1.29, 1.82) is 0 Å². The van der Waals surface area contributed by atoms with Crippen molar-refractivity contribution in [2.75, 3.05) is 0 Å². The molecule has 0 saturated carbocycles. The van der Waals surface area contributed by atoms with E-state index in [1.807, 2.05) is 0 Å². The van der Waals surface area contributed by atoms with Gasteiger partial charge < -0.3 is 0 Å². The Labute approximate surface area is 290 Å². The van der Waals surface area contributed by atoms with E-state index in [2.05, 4.69) is 168 Å². The average Bonchev–Trinajstić information content (AvgIpc) is 3.06. The minimum atomic E-state index is 0.419. The van der Waals surface area contributed by atoms with Crippen molar-refractivity contribution in [3.05, 3.63) is 118 Å². The van der Waals surface area contributed by atoms with E-state index in [1.54, 1.807) is 0 Å². The summed E-state index contributed by atoms with van der Waals surface area (Å²) in [4.78, 5) is 0. The summed E-state index contributed by atoms with van der Waals surface area (Å²) in [6, 6.07) is 33.4. The number of fused-ring (bicyclic) bond motifs is 5. The van der Waals surface area contributed by atoms with Crippen molar-refractivity contribution in [2.45, 2.75) is 119 Å². The van der Waals surface area contributed by atoms with Gasteiger partial charge >= 0.3 is 0 Å². The van der Waals surface area contributed by atoms with Crippen LogP contribution in [0.25, 0.3) is 54.6 Å². The van der Waals surface area contributed by atoms with Gasteiger partial charge in [-0.15, -0.1) is 0 Å². The van der Waals surface area contributed by atoms with Gasteiger partial charge in [-0.3, -0.25) is 0 Å². The van der Waals surface area contributed by atoms with Gasteiger partial charge in [0, 0.05) is 0 Å². The third kappa shape index (κ3) is 5.87. The largest absolute Gasteiger partial charge is 0.0616 e. The molecule has 0 aromatic heterocycles. The van der Waals surface area contributed by atoms with Crippen LogP contribution in [0.3, 0.4) is 0 Å². The summed E-state index contributed by atoms with van der Waals surface area (Å²) in [5.41, 5.74) is 14.3. The smallest absolute Gasteiger partial charge is 0.00923 e. The zero-order valence-electron chi connectivity index (χ0n) is 31.5. The van der Waals surface area contributed by atoms with Crippen LogP contribution in [0.2, 0.25) is 0 Å². The highest BCUT2D eigenvalue weighted by Crippen LogP contribution is 2.48. The standard InChI is InChI=1S/C48H56/c1-27(2)33-21-39(29(5)6)47(40(22-33)30(7)8)45-25-43-36-18-14-16-20-38(36)46(26-44(43)35-17-13-15-19-37(35)45)48-41(31(9)10)23-34(28(3)4)24-42(48)32(11)12/h13-32H,1-12H3. The second-order valence-corrected chi connectivity index (χ2v) is 16.1. The van der Waals surface area contributed by atoms with E-state index in [0.29, 0.717) is 35.5 Å².